The number of halogens is 1. The Morgan fingerprint density at radius 1 is 1.31 bits per heavy atom. The Kier molecular flexibility index (Phi) is 5.85. The molecular formula is C13H19BrO2. The van der Waals surface area contributed by atoms with Gasteiger partial charge in [0.2, 0.25) is 0 Å². The lowest BCUT2D eigenvalue weighted by molar-refractivity contribution is 0.110. The number of hydrogen-bond donors (Lipinski definition) is 0. The van der Waals surface area contributed by atoms with E-state index in [0.717, 1.165) is 28.8 Å². The van der Waals surface area contributed by atoms with Crippen LogP contribution in [-0.4, -0.2) is 13.7 Å². The smallest absolute Gasteiger partial charge is 0.133 e. The highest BCUT2D eigenvalue weighted by Gasteiger charge is 2.01. The van der Waals surface area contributed by atoms with Crippen LogP contribution in [0.3, 0.4) is 0 Å². The molecule has 0 spiro atoms. The first kappa shape index (κ1) is 13.5. The molecule has 0 aliphatic rings. The van der Waals surface area contributed by atoms with E-state index in [0.29, 0.717) is 12.5 Å². The molecule has 0 atom stereocenters. The zero-order valence-corrected chi connectivity index (χ0v) is 11.7. The van der Waals surface area contributed by atoms with Crippen LogP contribution in [0.4, 0.5) is 0 Å². The second-order valence-corrected chi connectivity index (χ2v) is 5.06. The van der Waals surface area contributed by atoms with Crippen molar-refractivity contribution in [3.63, 3.8) is 0 Å². The highest BCUT2D eigenvalue weighted by Crippen LogP contribution is 2.25. The van der Waals surface area contributed by atoms with Gasteiger partial charge in [-0.25, -0.2) is 0 Å². The number of rotatable bonds is 6. The second-order valence-electron chi connectivity index (χ2n) is 4.20. The summed E-state index contributed by atoms with van der Waals surface area (Å²) in [4.78, 5) is 0. The fourth-order valence-corrected chi connectivity index (χ4v) is 1.90. The molecule has 0 bridgehead atoms. The van der Waals surface area contributed by atoms with Gasteiger partial charge in [0.25, 0.3) is 0 Å². The highest BCUT2D eigenvalue weighted by atomic mass is 79.9. The maximum atomic E-state index is 5.60. The molecule has 3 heteroatoms. The molecule has 16 heavy (non-hydrogen) atoms. The molecule has 0 heterocycles. The average Bonchev–Trinajstić information content (AvgIpc) is 2.24. The fourth-order valence-electron chi connectivity index (χ4n) is 1.31. The maximum Gasteiger partial charge on any atom is 0.133 e. The zero-order chi connectivity index (χ0) is 12.0. The maximum absolute atomic E-state index is 5.60. The molecule has 0 amide bonds. The van der Waals surface area contributed by atoms with Gasteiger partial charge in [-0.3, -0.25) is 0 Å². The van der Waals surface area contributed by atoms with Crippen molar-refractivity contribution in [2.75, 3.05) is 13.7 Å². The van der Waals surface area contributed by atoms with Crippen LogP contribution in [0.15, 0.2) is 22.7 Å². The third-order valence-electron chi connectivity index (χ3n) is 2.32. The van der Waals surface area contributed by atoms with Gasteiger partial charge in [-0.2, -0.15) is 0 Å². The van der Waals surface area contributed by atoms with Crippen LogP contribution in [0.25, 0.3) is 0 Å². The van der Waals surface area contributed by atoms with E-state index in [1.54, 1.807) is 7.11 Å². The van der Waals surface area contributed by atoms with Crippen molar-refractivity contribution in [1.82, 2.24) is 0 Å². The number of hydrogen-bond acceptors (Lipinski definition) is 2. The summed E-state index contributed by atoms with van der Waals surface area (Å²) in [7, 11) is 1.67. The average molecular weight is 287 g/mol. The minimum Gasteiger partial charge on any atom is -0.496 e. The Balaban J connectivity index is 2.40. The van der Waals surface area contributed by atoms with Gasteiger partial charge in [0, 0.05) is 6.61 Å². The van der Waals surface area contributed by atoms with Gasteiger partial charge in [-0.15, -0.1) is 0 Å². The Morgan fingerprint density at radius 2 is 2.06 bits per heavy atom. The van der Waals surface area contributed by atoms with Gasteiger partial charge >= 0.3 is 0 Å². The molecule has 0 saturated heterocycles. The lowest BCUT2D eigenvalue weighted by atomic mass is 10.1. The molecule has 0 radical (unpaired) electrons. The van der Waals surface area contributed by atoms with E-state index >= 15 is 0 Å². The lowest BCUT2D eigenvalue weighted by Crippen LogP contribution is -1.99. The molecule has 0 aliphatic carbocycles. The van der Waals surface area contributed by atoms with E-state index in [1.165, 1.54) is 0 Å². The SMILES string of the molecule is COc1ccc(COCCC(C)C)cc1Br. The molecule has 0 N–H and O–H groups in total. The predicted octanol–water partition coefficient (Wildman–Crippen LogP) is 4.02. The first-order chi connectivity index (χ1) is 7.63. The third-order valence-corrected chi connectivity index (χ3v) is 2.94. The second kappa shape index (κ2) is 6.92. The van der Waals surface area contributed by atoms with Crippen LogP contribution >= 0.6 is 15.9 Å². The molecule has 0 aromatic heterocycles. The summed E-state index contributed by atoms with van der Waals surface area (Å²) >= 11 is 3.46. The van der Waals surface area contributed by atoms with Crippen molar-refractivity contribution in [1.29, 1.82) is 0 Å². The summed E-state index contributed by atoms with van der Waals surface area (Å²) in [6, 6.07) is 6.01. The molecule has 2 nitrogen and oxygen atoms in total. The van der Waals surface area contributed by atoms with Crippen LogP contribution < -0.4 is 4.74 Å². The molecular weight excluding hydrogens is 268 g/mol. The van der Waals surface area contributed by atoms with Crippen molar-refractivity contribution in [2.24, 2.45) is 5.92 Å². The molecule has 1 aromatic carbocycles. The third kappa shape index (κ3) is 4.54. The number of benzene rings is 1. The Labute approximate surface area is 106 Å². The molecule has 0 aliphatic heterocycles. The summed E-state index contributed by atoms with van der Waals surface area (Å²) in [5.74, 6) is 1.55. The van der Waals surface area contributed by atoms with Crippen LogP contribution in [0.1, 0.15) is 25.8 Å². The molecule has 1 aromatic rings. The van der Waals surface area contributed by atoms with Gasteiger partial charge in [0.15, 0.2) is 0 Å². The summed E-state index contributed by atoms with van der Waals surface area (Å²) in [6.07, 6.45) is 1.11. The highest BCUT2D eigenvalue weighted by molar-refractivity contribution is 9.10. The minimum absolute atomic E-state index is 0.662. The molecule has 1 rings (SSSR count). The predicted molar refractivity (Wildman–Crippen MR) is 69.8 cm³/mol. The monoisotopic (exact) mass is 286 g/mol. The summed E-state index contributed by atoms with van der Waals surface area (Å²) in [6.45, 7) is 5.89. The van der Waals surface area contributed by atoms with E-state index < -0.39 is 0 Å². The van der Waals surface area contributed by atoms with Crippen molar-refractivity contribution in [3.05, 3.63) is 28.2 Å². The summed E-state index contributed by atoms with van der Waals surface area (Å²) in [5, 5.41) is 0. The minimum atomic E-state index is 0.662. The fraction of sp³-hybridized carbons (Fsp3) is 0.538. The quantitative estimate of drug-likeness (QED) is 0.736. The molecule has 0 unspecified atom stereocenters. The molecule has 0 saturated carbocycles. The van der Waals surface area contributed by atoms with Gasteiger partial charge in [-0.1, -0.05) is 19.9 Å². The van der Waals surface area contributed by atoms with E-state index in [4.69, 9.17) is 9.47 Å². The number of methoxy groups -OCH3 is 1. The summed E-state index contributed by atoms with van der Waals surface area (Å²) < 4.78 is 11.7. The van der Waals surface area contributed by atoms with Crippen molar-refractivity contribution in [2.45, 2.75) is 26.9 Å². The van der Waals surface area contributed by atoms with Gasteiger partial charge in [0.05, 0.1) is 18.2 Å². The molecule has 0 fully saturated rings. The van der Waals surface area contributed by atoms with Crippen LogP contribution in [0.5, 0.6) is 5.75 Å². The van der Waals surface area contributed by atoms with Gasteiger partial charge in [-0.05, 0) is 46.0 Å². The standard InChI is InChI=1S/C13H19BrO2/c1-10(2)6-7-16-9-11-4-5-13(15-3)12(14)8-11/h4-5,8,10H,6-7,9H2,1-3H3. The van der Waals surface area contributed by atoms with Crippen molar-refractivity contribution in [3.8, 4) is 5.75 Å². The normalized spacial score (nSPS) is 10.8. The van der Waals surface area contributed by atoms with Gasteiger partial charge < -0.3 is 9.47 Å². The topological polar surface area (TPSA) is 18.5 Å². The molecule has 90 valence electrons. The lowest BCUT2D eigenvalue weighted by Gasteiger charge is -2.08. The van der Waals surface area contributed by atoms with Gasteiger partial charge in [0.1, 0.15) is 5.75 Å². The van der Waals surface area contributed by atoms with Crippen molar-refractivity contribution >= 4 is 15.9 Å². The number of ether oxygens (including phenoxy) is 2. The summed E-state index contributed by atoms with van der Waals surface area (Å²) in [5.41, 5.74) is 1.16. The Bertz CT molecular complexity index is 324. The first-order valence-corrected chi connectivity index (χ1v) is 6.33. The Morgan fingerprint density at radius 3 is 2.62 bits per heavy atom. The van der Waals surface area contributed by atoms with Crippen LogP contribution in [-0.2, 0) is 11.3 Å². The van der Waals surface area contributed by atoms with E-state index in [-0.39, 0.29) is 0 Å². The van der Waals surface area contributed by atoms with E-state index in [2.05, 4.69) is 29.8 Å². The van der Waals surface area contributed by atoms with Crippen LogP contribution in [0, 0.1) is 5.92 Å². The first-order valence-electron chi connectivity index (χ1n) is 5.53. The largest absolute Gasteiger partial charge is 0.496 e. The van der Waals surface area contributed by atoms with Crippen LogP contribution in [0.2, 0.25) is 0 Å². The Hall–Kier alpha value is -0.540. The zero-order valence-electron chi connectivity index (χ0n) is 10.1. The van der Waals surface area contributed by atoms with E-state index in [9.17, 15) is 0 Å². The van der Waals surface area contributed by atoms with E-state index in [1.807, 2.05) is 18.2 Å². The van der Waals surface area contributed by atoms with Crippen molar-refractivity contribution < 1.29 is 9.47 Å².